The number of amides is 2. The summed E-state index contributed by atoms with van der Waals surface area (Å²) in [6.45, 7) is 0.229. The number of nitrogens with zero attached hydrogens (tertiary/aromatic N) is 1. The Morgan fingerprint density at radius 1 is 1.23 bits per heavy atom. The first-order chi connectivity index (χ1) is 12.7. The molecule has 3 rings (SSSR count). The minimum Gasteiger partial charge on any atom is -0.497 e. The van der Waals surface area contributed by atoms with E-state index in [0.717, 1.165) is 17.0 Å². The van der Waals surface area contributed by atoms with E-state index >= 15 is 0 Å². The summed E-state index contributed by atoms with van der Waals surface area (Å²) in [5.74, 6) is 0.283. The number of thiazole rings is 1. The predicted molar refractivity (Wildman–Crippen MR) is 98.4 cm³/mol. The van der Waals surface area contributed by atoms with E-state index in [1.165, 1.54) is 23.9 Å². The van der Waals surface area contributed by atoms with Gasteiger partial charge in [0.15, 0.2) is 5.13 Å². The Balaban J connectivity index is 1.48. The minimum absolute atomic E-state index is 0.154. The molecule has 0 saturated heterocycles. The van der Waals surface area contributed by atoms with E-state index in [9.17, 15) is 9.59 Å². The maximum absolute atomic E-state index is 12.0. The van der Waals surface area contributed by atoms with Gasteiger partial charge in [0, 0.05) is 23.9 Å². The van der Waals surface area contributed by atoms with Gasteiger partial charge in [-0.05, 0) is 30.3 Å². The van der Waals surface area contributed by atoms with E-state index < -0.39 is 0 Å². The summed E-state index contributed by atoms with van der Waals surface area (Å²) in [4.78, 5) is 28.1. The van der Waals surface area contributed by atoms with Crippen LogP contribution in [-0.4, -0.2) is 30.5 Å². The summed E-state index contributed by atoms with van der Waals surface area (Å²) < 4.78 is 9.97. The molecule has 2 N–H and O–H groups in total. The summed E-state index contributed by atoms with van der Waals surface area (Å²) in [5, 5.41) is 7.78. The minimum atomic E-state index is -0.275. The second-order valence-corrected chi connectivity index (χ2v) is 6.19. The Morgan fingerprint density at radius 3 is 2.73 bits per heavy atom. The molecule has 2 heterocycles. The molecule has 3 aromatic rings. The van der Waals surface area contributed by atoms with Crippen molar-refractivity contribution in [1.29, 1.82) is 0 Å². The smallest absolute Gasteiger partial charge is 0.254 e. The molecule has 0 aliphatic carbocycles. The molecule has 1 aromatic carbocycles. The molecule has 7 nitrogen and oxygen atoms in total. The van der Waals surface area contributed by atoms with Gasteiger partial charge in [-0.2, -0.15) is 0 Å². The molecule has 0 bridgehead atoms. The molecule has 0 atom stereocenters. The Morgan fingerprint density at radius 2 is 2.04 bits per heavy atom. The average molecular weight is 371 g/mol. The van der Waals surface area contributed by atoms with Crippen LogP contribution in [0.25, 0.3) is 11.3 Å². The van der Waals surface area contributed by atoms with Gasteiger partial charge >= 0.3 is 0 Å². The number of ether oxygens (including phenoxy) is 1. The van der Waals surface area contributed by atoms with Crippen LogP contribution in [0.4, 0.5) is 5.13 Å². The van der Waals surface area contributed by atoms with Crippen molar-refractivity contribution in [1.82, 2.24) is 10.3 Å². The molecule has 2 amide bonds. The van der Waals surface area contributed by atoms with Crippen molar-refractivity contribution >= 4 is 28.3 Å². The highest BCUT2D eigenvalue weighted by molar-refractivity contribution is 7.14. The van der Waals surface area contributed by atoms with Gasteiger partial charge in [-0.15, -0.1) is 11.3 Å². The zero-order chi connectivity index (χ0) is 18.4. The quantitative estimate of drug-likeness (QED) is 0.665. The molecule has 0 unspecified atom stereocenters. The molecule has 134 valence electrons. The maximum Gasteiger partial charge on any atom is 0.254 e. The fourth-order valence-electron chi connectivity index (χ4n) is 2.19. The summed E-state index contributed by atoms with van der Waals surface area (Å²) in [6.07, 6.45) is 2.93. The van der Waals surface area contributed by atoms with Gasteiger partial charge < -0.3 is 19.8 Å². The van der Waals surface area contributed by atoms with E-state index in [1.807, 2.05) is 29.6 Å². The van der Waals surface area contributed by atoms with Crippen molar-refractivity contribution in [3.63, 3.8) is 0 Å². The van der Waals surface area contributed by atoms with E-state index in [1.54, 1.807) is 13.2 Å². The highest BCUT2D eigenvalue weighted by Gasteiger charge is 2.10. The summed E-state index contributed by atoms with van der Waals surface area (Å²) in [7, 11) is 1.61. The molecule has 0 saturated carbocycles. The number of carbonyl (C=O) groups excluding carboxylic acids is 2. The zero-order valence-corrected chi connectivity index (χ0v) is 14.8. The van der Waals surface area contributed by atoms with Gasteiger partial charge in [-0.1, -0.05) is 0 Å². The molecule has 8 heteroatoms. The molecule has 0 spiro atoms. The number of furan rings is 1. The molecular weight excluding hydrogens is 354 g/mol. The fraction of sp³-hybridized carbons (Fsp3) is 0.167. The largest absolute Gasteiger partial charge is 0.497 e. The summed E-state index contributed by atoms with van der Waals surface area (Å²) >= 11 is 1.35. The highest BCUT2D eigenvalue weighted by atomic mass is 32.1. The number of carbonyl (C=O) groups is 2. The van der Waals surface area contributed by atoms with Gasteiger partial charge in [0.25, 0.3) is 5.91 Å². The third-order valence-electron chi connectivity index (χ3n) is 3.56. The first kappa shape index (κ1) is 17.7. The number of aromatic nitrogens is 1. The van der Waals surface area contributed by atoms with Crippen LogP contribution in [0.15, 0.2) is 52.7 Å². The lowest BCUT2D eigenvalue weighted by molar-refractivity contribution is -0.116. The van der Waals surface area contributed by atoms with Crippen molar-refractivity contribution in [2.75, 3.05) is 19.0 Å². The molecule has 26 heavy (non-hydrogen) atoms. The third kappa shape index (κ3) is 4.48. The first-order valence-corrected chi connectivity index (χ1v) is 8.74. The molecule has 0 radical (unpaired) electrons. The Labute approximate surface area is 154 Å². The third-order valence-corrected chi connectivity index (χ3v) is 4.32. The van der Waals surface area contributed by atoms with Gasteiger partial charge in [0.1, 0.15) is 12.0 Å². The fourth-order valence-corrected chi connectivity index (χ4v) is 2.93. The van der Waals surface area contributed by atoms with Crippen molar-refractivity contribution in [2.45, 2.75) is 6.42 Å². The van der Waals surface area contributed by atoms with Gasteiger partial charge in [0.05, 0.1) is 24.6 Å². The van der Waals surface area contributed by atoms with Crippen molar-refractivity contribution in [2.24, 2.45) is 0 Å². The van der Waals surface area contributed by atoms with E-state index in [4.69, 9.17) is 9.15 Å². The van der Waals surface area contributed by atoms with Gasteiger partial charge in [-0.3, -0.25) is 9.59 Å². The van der Waals surface area contributed by atoms with Crippen LogP contribution in [0.5, 0.6) is 5.75 Å². The molecule has 2 aromatic heterocycles. The second-order valence-electron chi connectivity index (χ2n) is 5.33. The maximum atomic E-state index is 12.0. The molecule has 0 fully saturated rings. The Bertz CT molecular complexity index is 872. The topological polar surface area (TPSA) is 93.5 Å². The van der Waals surface area contributed by atoms with E-state index in [-0.39, 0.29) is 24.8 Å². The van der Waals surface area contributed by atoms with Crippen LogP contribution in [-0.2, 0) is 4.79 Å². The molecule has 0 aliphatic rings. The Kier molecular flexibility index (Phi) is 5.65. The standard InChI is InChI=1S/C18H17N3O4S/c1-24-14-4-2-12(3-5-14)15-11-26-18(20-15)21-16(22)6-8-19-17(23)13-7-9-25-10-13/h2-5,7,9-11H,6,8H2,1H3,(H,19,23)(H,20,21,22). The number of rotatable bonds is 7. The number of hydrogen-bond acceptors (Lipinski definition) is 6. The lowest BCUT2D eigenvalue weighted by atomic mass is 10.2. The second kappa shape index (κ2) is 8.30. The van der Waals surface area contributed by atoms with Crippen molar-refractivity contribution in [3.05, 3.63) is 53.8 Å². The number of hydrogen-bond donors (Lipinski definition) is 2. The lowest BCUT2D eigenvalue weighted by Gasteiger charge is -2.04. The SMILES string of the molecule is COc1ccc(-c2csc(NC(=O)CCNC(=O)c3ccoc3)n2)cc1. The van der Waals surface area contributed by atoms with Crippen LogP contribution in [0, 0.1) is 0 Å². The van der Waals surface area contributed by atoms with Crippen LogP contribution in [0.1, 0.15) is 16.8 Å². The molecule has 0 aliphatic heterocycles. The van der Waals surface area contributed by atoms with Crippen LogP contribution < -0.4 is 15.4 Å². The van der Waals surface area contributed by atoms with Crippen LogP contribution in [0.3, 0.4) is 0 Å². The number of nitrogens with one attached hydrogen (secondary N) is 2. The summed E-state index contributed by atoms with van der Waals surface area (Å²) in [6, 6.07) is 9.09. The highest BCUT2D eigenvalue weighted by Crippen LogP contribution is 2.26. The Hall–Kier alpha value is -3.13. The van der Waals surface area contributed by atoms with Crippen LogP contribution >= 0.6 is 11.3 Å². The van der Waals surface area contributed by atoms with E-state index in [0.29, 0.717) is 10.7 Å². The normalized spacial score (nSPS) is 10.3. The number of benzene rings is 1. The lowest BCUT2D eigenvalue weighted by Crippen LogP contribution is -2.27. The summed E-state index contributed by atoms with van der Waals surface area (Å²) in [5.41, 5.74) is 2.14. The van der Waals surface area contributed by atoms with E-state index in [2.05, 4.69) is 15.6 Å². The predicted octanol–water partition coefficient (Wildman–Crippen LogP) is 3.17. The van der Waals surface area contributed by atoms with Crippen molar-refractivity contribution in [3.8, 4) is 17.0 Å². The first-order valence-electron chi connectivity index (χ1n) is 7.86. The van der Waals surface area contributed by atoms with Crippen molar-refractivity contribution < 1.29 is 18.7 Å². The zero-order valence-electron chi connectivity index (χ0n) is 14.0. The van der Waals surface area contributed by atoms with Gasteiger partial charge in [0.2, 0.25) is 5.91 Å². The number of methoxy groups -OCH3 is 1. The average Bonchev–Trinajstić information content (AvgIpc) is 3.34. The number of anilines is 1. The van der Waals surface area contributed by atoms with Gasteiger partial charge in [-0.25, -0.2) is 4.98 Å². The monoisotopic (exact) mass is 371 g/mol. The van der Waals surface area contributed by atoms with Crippen LogP contribution in [0.2, 0.25) is 0 Å². The molecular formula is C18H17N3O4S.